The van der Waals surface area contributed by atoms with Crippen LogP contribution < -0.4 is 4.74 Å². The molecule has 0 atom stereocenters. The van der Waals surface area contributed by atoms with Crippen molar-refractivity contribution in [2.24, 2.45) is 0 Å². The van der Waals surface area contributed by atoms with Gasteiger partial charge in [-0.1, -0.05) is 25.4 Å². The minimum atomic E-state index is -0.886. The molecule has 0 fully saturated rings. The summed E-state index contributed by atoms with van der Waals surface area (Å²) < 4.78 is 5.56. The highest BCUT2D eigenvalue weighted by Gasteiger charge is 2.16. The van der Waals surface area contributed by atoms with E-state index in [-0.39, 0.29) is 12.3 Å². The first kappa shape index (κ1) is 13.8. The van der Waals surface area contributed by atoms with Crippen molar-refractivity contribution >= 4 is 17.6 Å². The molecule has 0 aliphatic rings. The lowest BCUT2D eigenvalue weighted by Crippen LogP contribution is -2.07. The normalized spacial score (nSPS) is 10.6. The van der Waals surface area contributed by atoms with E-state index < -0.39 is 5.97 Å². The fourth-order valence-corrected chi connectivity index (χ4v) is 1.97. The van der Waals surface area contributed by atoms with Crippen molar-refractivity contribution in [3.05, 3.63) is 28.3 Å². The lowest BCUT2D eigenvalue weighted by atomic mass is 9.97. The Balaban J connectivity index is 3.29. The highest BCUT2D eigenvalue weighted by Crippen LogP contribution is 2.33. The largest absolute Gasteiger partial charge is 0.493 e. The Morgan fingerprint density at radius 2 is 2.12 bits per heavy atom. The predicted molar refractivity (Wildman–Crippen MR) is 68.0 cm³/mol. The van der Waals surface area contributed by atoms with Gasteiger partial charge in [-0.3, -0.25) is 4.79 Å². The molecule has 17 heavy (non-hydrogen) atoms. The lowest BCUT2D eigenvalue weighted by molar-refractivity contribution is -0.136. The summed E-state index contributed by atoms with van der Waals surface area (Å²) in [5.41, 5.74) is 1.59. The van der Waals surface area contributed by atoms with E-state index in [1.54, 1.807) is 6.07 Å². The van der Waals surface area contributed by atoms with Crippen molar-refractivity contribution in [3.8, 4) is 5.75 Å². The van der Waals surface area contributed by atoms with Crippen LogP contribution in [-0.4, -0.2) is 17.7 Å². The molecule has 1 rings (SSSR count). The molecule has 0 saturated heterocycles. The number of carboxylic acid groups (broad SMARTS) is 1. The number of benzene rings is 1. The van der Waals surface area contributed by atoms with Crippen LogP contribution in [0.4, 0.5) is 0 Å². The van der Waals surface area contributed by atoms with Crippen LogP contribution in [0.25, 0.3) is 0 Å². The molecule has 0 aliphatic heterocycles. The van der Waals surface area contributed by atoms with E-state index >= 15 is 0 Å². The predicted octanol–water partition coefficient (Wildman–Crippen LogP) is 3.49. The van der Waals surface area contributed by atoms with Gasteiger partial charge in [0, 0.05) is 10.6 Å². The standard InChI is InChI=1S/C13H17ClO3/c1-4-17-13-9(6-12(15)16)5-10(14)7-11(13)8(2)3/h5,7-8H,4,6H2,1-3H3,(H,15,16). The maximum Gasteiger partial charge on any atom is 0.307 e. The average Bonchev–Trinajstić information content (AvgIpc) is 2.20. The van der Waals surface area contributed by atoms with E-state index in [1.807, 2.05) is 26.8 Å². The summed E-state index contributed by atoms with van der Waals surface area (Å²) in [4.78, 5) is 10.8. The molecule has 0 bridgehead atoms. The zero-order valence-electron chi connectivity index (χ0n) is 10.3. The second-order valence-corrected chi connectivity index (χ2v) is 4.58. The molecule has 1 N–H and O–H groups in total. The Labute approximate surface area is 106 Å². The van der Waals surface area contributed by atoms with Gasteiger partial charge < -0.3 is 9.84 Å². The zero-order chi connectivity index (χ0) is 13.0. The Hall–Kier alpha value is -1.22. The first-order valence-electron chi connectivity index (χ1n) is 5.62. The van der Waals surface area contributed by atoms with Crippen LogP contribution >= 0.6 is 11.6 Å². The van der Waals surface area contributed by atoms with Crippen LogP contribution in [0.5, 0.6) is 5.75 Å². The number of rotatable bonds is 5. The minimum absolute atomic E-state index is 0.0738. The Morgan fingerprint density at radius 1 is 1.47 bits per heavy atom. The first-order chi connectivity index (χ1) is 7.95. The van der Waals surface area contributed by atoms with Crippen LogP contribution in [0.3, 0.4) is 0 Å². The zero-order valence-corrected chi connectivity index (χ0v) is 11.0. The Bertz CT molecular complexity index is 413. The third kappa shape index (κ3) is 3.63. The number of carboxylic acids is 1. The van der Waals surface area contributed by atoms with E-state index in [2.05, 4.69) is 0 Å². The molecule has 0 unspecified atom stereocenters. The monoisotopic (exact) mass is 256 g/mol. The maximum atomic E-state index is 10.8. The quantitative estimate of drug-likeness (QED) is 0.877. The van der Waals surface area contributed by atoms with Gasteiger partial charge in [0.05, 0.1) is 13.0 Å². The summed E-state index contributed by atoms with van der Waals surface area (Å²) in [5.74, 6) is 0.0139. The number of aliphatic carboxylic acids is 1. The summed E-state index contributed by atoms with van der Waals surface area (Å²) in [6, 6.07) is 3.50. The summed E-state index contributed by atoms with van der Waals surface area (Å²) in [6.07, 6.45) is -0.0738. The van der Waals surface area contributed by atoms with Crippen molar-refractivity contribution in [2.75, 3.05) is 6.61 Å². The molecule has 0 saturated carbocycles. The van der Waals surface area contributed by atoms with Crippen LogP contribution in [0.2, 0.25) is 5.02 Å². The second kappa shape index (κ2) is 5.92. The lowest BCUT2D eigenvalue weighted by Gasteiger charge is -2.17. The van der Waals surface area contributed by atoms with Gasteiger partial charge in [-0.05, 0) is 30.5 Å². The molecule has 1 aromatic rings. The molecule has 4 heteroatoms. The van der Waals surface area contributed by atoms with Crippen LogP contribution in [0.15, 0.2) is 12.1 Å². The van der Waals surface area contributed by atoms with Crippen molar-refractivity contribution in [1.82, 2.24) is 0 Å². The Morgan fingerprint density at radius 3 is 2.59 bits per heavy atom. The van der Waals surface area contributed by atoms with E-state index in [1.165, 1.54) is 0 Å². The number of carbonyl (C=O) groups is 1. The second-order valence-electron chi connectivity index (χ2n) is 4.14. The minimum Gasteiger partial charge on any atom is -0.493 e. The van der Waals surface area contributed by atoms with Crippen LogP contribution in [0, 0.1) is 0 Å². The SMILES string of the molecule is CCOc1c(CC(=O)O)cc(Cl)cc1C(C)C. The number of halogens is 1. The van der Waals surface area contributed by atoms with Gasteiger partial charge in [-0.15, -0.1) is 0 Å². The topological polar surface area (TPSA) is 46.5 Å². The number of ether oxygens (including phenoxy) is 1. The van der Waals surface area contributed by atoms with E-state index in [4.69, 9.17) is 21.4 Å². The molecule has 0 radical (unpaired) electrons. The van der Waals surface area contributed by atoms with Gasteiger partial charge in [0.2, 0.25) is 0 Å². The van der Waals surface area contributed by atoms with Gasteiger partial charge in [0.25, 0.3) is 0 Å². The number of hydrogen-bond donors (Lipinski definition) is 1. The third-order valence-electron chi connectivity index (χ3n) is 2.41. The molecule has 0 spiro atoms. The van der Waals surface area contributed by atoms with Crippen molar-refractivity contribution in [1.29, 1.82) is 0 Å². The molecule has 94 valence electrons. The van der Waals surface area contributed by atoms with Crippen LogP contribution in [0.1, 0.15) is 37.8 Å². The fraction of sp³-hybridized carbons (Fsp3) is 0.462. The van der Waals surface area contributed by atoms with E-state index in [9.17, 15) is 4.79 Å². The van der Waals surface area contributed by atoms with Gasteiger partial charge in [-0.2, -0.15) is 0 Å². The molecular formula is C13H17ClO3. The van der Waals surface area contributed by atoms with Gasteiger partial charge in [0.15, 0.2) is 0 Å². The van der Waals surface area contributed by atoms with E-state index in [0.717, 1.165) is 5.56 Å². The highest BCUT2D eigenvalue weighted by atomic mass is 35.5. The smallest absolute Gasteiger partial charge is 0.307 e. The molecule has 0 amide bonds. The summed E-state index contributed by atoms with van der Waals surface area (Å²) in [7, 11) is 0. The van der Waals surface area contributed by atoms with Gasteiger partial charge in [0.1, 0.15) is 5.75 Å². The number of hydrogen-bond acceptors (Lipinski definition) is 2. The van der Waals surface area contributed by atoms with E-state index in [0.29, 0.717) is 22.9 Å². The van der Waals surface area contributed by atoms with Crippen LogP contribution in [-0.2, 0) is 11.2 Å². The summed E-state index contributed by atoms with van der Waals surface area (Å²) >= 11 is 6.00. The average molecular weight is 257 g/mol. The Kier molecular flexibility index (Phi) is 4.82. The van der Waals surface area contributed by atoms with Crippen molar-refractivity contribution in [2.45, 2.75) is 33.1 Å². The maximum absolute atomic E-state index is 10.8. The first-order valence-corrected chi connectivity index (χ1v) is 6.00. The molecular weight excluding hydrogens is 240 g/mol. The van der Waals surface area contributed by atoms with Crippen molar-refractivity contribution in [3.63, 3.8) is 0 Å². The van der Waals surface area contributed by atoms with Gasteiger partial charge >= 0.3 is 5.97 Å². The highest BCUT2D eigenvalue weighted by molar-refractivity contribution is 6.30. The third-order valence-corrected chi connectivity index (χ3v) is 2.63. The van der Waals surface area contributed by atoms with Crippen molar-refractivity contribution < 1.29 is 14.6 Å². The fourth-order valence-electron chi connectivity index (χ4n) is 1.72. The summed E-state index contributed by atoms with van der Waals surface area (Å²) in [6.45, 7) is 6.44. The summed E-state index contributed by atoms with van der Waals surface area (Å²) in [5, 5.41) is 9.43. The molecule has 3 nitrogen and oxygen atoms in total. The molecule has 0 aromatic heterocycles. The molecule has 1 aromatic carbocycles. The molecule has 0 heterocycles. The van der Waals surface area contributed by atoms with Gasteiger partial charge in [-0.25, -0.2) is 0 Å². The molecule has 0 aliphatic carbocycles.